The summed E-state index contributed by atoms with van der Waals surface area (Å²) in [4.78, 5) is 10.3. The Kier molecular flexibility index (Phi) is 3.87. The second kappa shape index (κ2) is 4.83. The maximum atomic E-state index is 13.3. The Hall–Kier alpha value is -1.43. The van der Waals surface area contributed by atoms with Crippen molar-refractivity contribution in [3.63, 3.8) is 0 Å². The number of hydrogen-bond acceptors (Lipinski definition) is 3. The van der Waals surface area contributed by atoms with E-state index in [1.807, 2.05) is 0 Å². The fourth-order valence-electron chi connectivity index (χ4n) is 1.40. The lowest BCUT2D eigenvalue weighted by atomic mass is 10.0. The van der Waals surface area contributed by atoms with Crippen LogP contribution in [-0.2, 0) is 21.1 Å². The van der Waals surface area contributed by atoms with E-state index in [0.717, 1.165) is 12.3 Å². The zero-order valence-electron chi connectivity index (χ0n) is 9.47. The highest BCUT2D eigenvalue weighted by molar-refractivity contribution is 7.90. The fraction of sp³-hybridized carbons (Fsp3) is 0.364. The van der Waals surface area contributed by atoms with Gasteiger partial charge in [-0.1, -0.05) is 13.0 Å². The van der Waals surface area contributed by atoms with Crippen LogP contribution in [0.5, 0.6) is 0 Å². The average Bonchev–Trinajstić information content (AvgIpc) is 2.19. The molecular formula is C11H13FO4S. The number of rotatable bonds is 4. The van der Waals surface area contributed by atoms with Gasteiger partial charge in [0.05, 0.1) is 5.92 Å². The maximum absolute atomic E-state index is 13.3. The molecule has 0 aliphatic heterocycles. The first-order valence-electron chi connectivity index (χ1n) is 4.93. The predicted molar refractivity (Wildman–Crippen MR) is 60.0 cm³/mol. The van der Waals surface area contributed by atoms with E-state index in [0.29, 0.717) is 5.56 Å². The molecule has 4 nitrogen and oxygen atoms in total. The van der Waals surface area contributed by atoms with Crippen LogP contribution < -0.4 is 0 Å². The topological polar surface area (TPSA) is 71.4 Å². The summed E-state index contributed by atoms with van der Waals surface area (Å²) in [6, 6.07) is 3.62. The van der Waals surface area contributed by atoms with Crippen LogP contribution in [0.3, 0.4) is 0 Å². The van der Waals surface area contributed by atoms with Crippen LogP contribution in [-0.4, -0.2) is 25.7 Å². The molecule has 0 aliphatic carbocycles. The van der Waals surface area contributed by atoms with Crippen molar-refractivity contribution in [3.05, 3.63) is 29.6 Å². The summed E-state index contributed by atoms with van der Waals surface area (Å²) in [5.41, 5.74) is 0.488. The van der Waals surface area contributed by atoms with Gasteiger partial charge in [-0.15, -0.1) is 0 Å². The molecule has 1 N–H and O–H groups in total. The Morgan fingerprint density at radius 1 is 1.47 bits per heavy atom. The van der Waals surface area contributed by atoms with Gasteiger partial charge in [-0.25, -0.2) is 12.8 Å². The van der Waals surface area contributed by atoms with Crippen molar-refractivity contribution in [3.8, 4) is 0 Å². The molecule has 1 unspecified atom stereocenters. The van der Waals surface area contributed by atoms with Crippen LogP contribution >= 0.6 is 0 Å². The Balaban J connectivity index is 3.10. The number of carboxylic acids is 1. The number of aliphatic carboxylic acids is 1. The number of carbonyl (C=O) groups is 1. The quantitative estimate of drug-likeness (QED) is 0.890. The van der Waals surface area contributed by atoms with Crippen LogP contribution in [0.2, 0.25) is 0 Å². The Morgan fingerprint density at radius 2 is 2.06 bits per heavy atom. The van der Waals surface area contributed by atoms with Gasteiger partial charge in [-0.05, 0) is 24.1 Å². The van der Waals surface area contributed by atoms with E-state index in [1.54, 1.807) is 0 Å². The van der Waals surface area contributed by atoms with E-state index >= 15 is 0 Å². The lowest BCUT2D eigenvalue weighted by Crippen LogP contribution is -2.13. The minimum Gasteiger partial charge on any atom is -0.481 e. The number of halogens is 1. The summed E-state index contributed by atoms with van der Waals surface area (Å²) in [5, 5.41) is 8.73. The van der Waals surface area contributed by atoms with Gasteiger partial charge in [-0.2, -0.15) is 0 Å². The third-order valence-corrected chi connectivity index (χ3v) is 3.47. The molecule has 1 rings (SSSR count). The van der Waals surface area contributed by atoms with Gasteiger partial charge >= 0.3 is 5.97 Å². The molecular weight excluding hydrogens is 247 g/mol. The Morgan fingerprint density at radius 3 is 2.53 bits per heavy atom. The molecule has 0 amide bonds. The third kappa shape index (κ3) is 3.52. The average molecular weight is 260 g/mol. The highest BCUT2D eigenvalue weighted by Gasteiger charge is 2.17. The largest absolute Gasteiger partial charge is 0.481 e. The number of benzene rings is 1. The molecule has 0 aromatic heterocycles. The lowest BCUT2D eigenvalue weighted by Gasteiger charge is -2.08. The minimum atomic E-state index is -3.63. The summed E-state index contributed by atoms with van der Waals surface area (Å²) in [6.45, 7) is 1.51. The zero-order valence-corrected chi connectivity index (χ0v) is 10.3. The molecule has 0 bridgehead atoms. The SMILES string of the molecule is CC(Cc1ccc(F)c(S(C)(=O)=O)c1)C(=O)O. The predicted octanol–water partition coefficient (Wildman–Crippen LogP) is 1.49. The van der Waals surface area contributed by atoms with E-state index in [9.17, 15) is 17.6 Å². The van der Waals surface area contributed by atoms with Gasteiger partial charge in [0, 0.05) is 6.26 Å². The van der Waals surface area contributed by atoms with E-state index < -0.39 is 32.4 Å². The molecule has 94 valence electrons. The van der Waals surface area contributed by atoms with Crippen molar-refractivity contribution in [1.82, 2.24) is 0 Å². The molecule has 0 spiro atoms. The summed E-state index contributed by atoms with van der Waals surface area (Å²) >= 11 is 0. The second-order valence-corrected chi connectivity index (χ2v) is 5.96. The van der Waals surface area contributed by atoms with E-state index in [2.05, 4.69) is 0 Å². The van der Waals surface area contributed by atoms with Crippen molar-refractivity contribution in [1.29, 1.82) is 0 Å². The first-order chi connectivity index (χ1) is 7.71. The molecule has 0 fully saturated rings. The summed E-state index contributed by atoms with van der Waals surface area (Å²) in [5.74, 6) is -2.44. The smallest absolute Gasteiger partial charge is 0.306 e. The summed E-state index contributed by atoms with van der Waals surface area (Å²) < 4.78 is 35.8. The van der Waals surface area contributed by atoms with Gasteiger partial charge in [0.15, 0.2) is 9.84 Å². The van der Waals surface area contributed by atoms with Crippen molar-refractivity contribution < 1.29 is 22.7 Å². The van der Waals surface area contributed by atoms with Gasteiger partial charge in [0.2, 0.25) is 0 Å². The first-order valence-corrected chi connectivity index (χ1v) is 6.82. The maximum Gasteiger partial charge on any atom is 0.306 e. The number of hydrogen-bond donors (Lipinski definition) is 1. The van der Waals surface area contributed by atoms with Gasteiger partial charge in [-0.3, -0.25) is 4.79 Å². The standard InChI is InChI=1S/C11H13FO4S/c1-7(11(13)14)5-8-3-4-9(12)10(6-8)17(2,15)16/h3-4,6-7H,5H2,1-2H3,(H,13,14). The number of carboxylic acid groups (broad SMARTS) is 1. The van der Waals surface area contributed by atoms with Crippen LogP contribution in [0.1, 0.15) is 12.5 Å². The highest BCUT2D eigenvalue weighted by atomic mass is 32.2. The lowest BCUT2D eigenvalue weighted by molar-refractivity contribution is -0.141. The highest BCUT2D eigenvalue weighted by Crippen LogP contribution is 2.18. The van der Waals surface area contributed by atoms with Crippen molar-refractivity contribution in [2.24, 2.45) is 5.92 Å². The fourth-order valence-corrected chi connectivity index (χ4v) is 2.19. The first kappa shape index (κ1) is 13.6. The molecule has 17 heavy (non-hydrogen) atoms. The third-order valence-electron chi connectivity index (χ3n) is 2.36. The molecule has 1 atom stereocenters. The van der Waals surface area contributed by atoms with Gasteiger partial charge < -0.3 is 5.11 Å². The molecule has 0 aliphatic rings. The van der Waals surface area contributed by atoms with Crippen LogP contribution in [0.4, 0.5) is 4.39 Å². The molecule has 0 heterocycles. The van der Waals surface area contributed by atoms with Crippen molar-refractivity contribution in [2.75, 3.05) is 6.26 Å². The zero-order chi connectivity index (χ0) is 13.2. The van der Waals surface area contributed by atoms with Crippen LogP contribution in [0.15, 0.2) is 23.1 Å². The Bertz CT molecular complexity index is 536. The molecule has 6 heteroatoms. The van der Waals surface area contributed by atoms with E-state index in [1.165, 1.54) is 19.1 Å². The Labute approximate surface area is 99.0 Å². The van der Waals surface area contributed by atoms with Crippen molar-refractivity contribution >= 4 is 15.8 Å². The molecule has 0 radical (unpaired) electrons. The summed E-state index contributed by atoms with van der Waals surface area (Å²) in [6.07, 6.45) is 1.08. The van der Waals surface area contributed by atoms with Crippen molar-refractivity contribution in [2.45, 2.75) is 18.2 Å². The van der Waals surface area contributed by atoms with E-state index in [4.69, 9.17) is 5.11 Å². The van der Waals surface area contributed by atoms with Crippen LogP contribution in [0, 0.1) is 11.7 Å². The van der Waals surface area contributed by atoms with Crippen LogP contribution in [0.25, 0.3) is 0 Å². The van der Waals surface area contributed by atoms with Gasteiger partial charge in [0.1, 0.15) is 10.7 Å². The summed E-state index contributed by atoms with van der Waals surface area (Å²) in [7, 11) is -3.63. The molecule has 0 saturated carbocycles. The van der Waals surface area contributed by atoms with Gasteiger partial charge in [0.25, 0.3) is 0 Å². The second-order valence-electron chi connectivity index (χ2n) is 3.98. The van der Waals surface area contributed by atoms with E-state index in [-0.39, 0.29) is 6.42 Å². The monoisotopic (exact) mass is 260 g/mol. The molecule has 1 aromatic carbocycles. The molecule has 1 aromatic rings. The minimum absolute atomic E-state index is 0.165. The molecule has 0 saturated heterocycles. The number of sulfone groups is 1. The normalized spacial score (nSPS) is 13.4.